The van der Waals surface area contributed by atoms with E-state index in [1.54, 1.807) is 14.2 Å². The van der Waals surface area contributed by atoms with Gasteiger partial charge in [0.15, 0.2) is 11.5 Å². The molecule has 6 rings (SSSR count). The van der Waals surface area contributed by atoms with Crippen LogP contribution in [0.2, 0.25) is 0 Å². The summed E-state index contributed by atoms with van der Waals surface area (Å²) in [5.74, 6) is 3.05. The van der Waals surface area contributed by atoms with E-state index in [0.29, 0.717) is 17.3 Å². The number of rotatable bonds is 8. The van der Waals surface area contributed by atoms with E-state index < -0.39 is 0 Å². The number of hydrogen-bond acceptors (Lipinski definition) is 6. The maximum absolute atomic E-state index is 5.77. The fourth-order valence-electron chi connectivity index (χ4n) is 5.53. The van der Waals surface area contributed by atoms with E-state index in [-0.39, 0.29) is 5.92 Å². The fourth-order valence-corrected chi connectivity index (χ4v) is 5.53. The van der Waals surface area contributed by atoms with Crippen LogP contribution in [-0.2, 0) is 13.0 Å². The van der Waals surface area contributed by atoms with Gasteiger partial charge in [-0.2, -0.15) is 4.98 Å². The van der Waals surface area contributed by atoms with Gasteiger partial charge >= 0.3 is 0 Å². The second-order valence-corrected chi connectivity index (χ2v) is 9.82. The lowest BCUT2D eigenvalue weighted by Gasteiger charge is -2.14. The highest BCUT2D eigenvalue weighted by Gasteiger charge is 2.28. The van der Waals surface area contributed by atoms with E-state index in [2.05, 4.69) is 76.6 Å². The van der Waals surface area contributed by atoms with Crippen molar-refractivity contribution in [1.82, 2.24) is 20.0 Å². The van der Waals surface area contributed by atoms with E-state index in [4.69, 9.17) is 19.0 Å². The van der Waals surface area contributed by atoms with Crippen LogP contribution >= 0.6 is 0 Å². The largest absolute Gasteiger partial charge is 0.493 e. The number of nitrogens with zero attached hydrogens (tertiary/aromatic N) is 3. The zero-order valence-corrected chi connectivity index (χ0v) is 22.0. The lowest BCUT2D eigenvalue weighted by Crippen LogP contribution is -2.19. The van der Waals surface area contributed by atoms with Gasteiger partial charge < -0.3 is 19.0 Å². The smallest absolute Gasteiger partial charge is 0.231 e. The number of aromatic amines is 1. The molecule has 0 bridgehead atoms. The number of nitrogens with one attached hydrogen (secondary N) is 1. The fraction of sp³-hybridized carbons (Fsp3) is 0.290. The molecular formula is C31H32N4O3. The molecule has 1 fully saturated rings. The van der Waals surface area contributed by atoms with Crippen LogP contribution in [0.3, 0.4) is 0 Å². The first-order valence-corrected chi connectivity index (χ1v) is 13.1. The summed E-state index contributed by atoms with van der Waals surface area (Å²) in [7, 11) is 3.31. The minimum absolute atomic E-state index is 0.263. The van der Waals surface area contributed by atoms with Gasteiger partial charge in [0.2, 0.25) is 11.7 Å². The molecule has 38 heavy (non-hydrogen) atoms. The van der Waals surface area contributed by atoms with Gasteiger partial charge in [0.1, 0.15) is 0 Å². The molecule has 1 saturated heterocycles. The zero-order valence-electron chi connectivity index (χ0n) is 22.0. The molecule has 1 atom stereocenters. The molecule has 0 amide bonds. The Balaban J connectivity index is 1.25. The van der Waals surface area contributed by atoms with Crippen molar-refractivity contribution < 1.29 is 14.0 Å². The maximum Gasteiger partial charge on any atom is 0.231 e. The molecular weight excluding hydrogens is 476 g/mol. The lowest BCUT2D eigenvalue weighted by molar-refractivity contribution is 0.309. The van der Waals surface area contributed by atoms with Crippen molar-refractivity contribution >= 4 is 10.9 Å². The molecule has 0 aliphatic carbocycles. The molecule has 5 aromatic rings. The zero-order chi connectivity index (χ0) is 26.1. The Morgan fingerprint density at radius 2 is 1.79 bits per heavy atom. The number of methoxy groups -OCH3 is 2. The molecule has 1 N–H and O–H groups in total. The molecule has 0 saturated carbocycles. The van der Waals surface area contributed by atoms with Crippen molar-refractivity contribution in [3.8, 4) is 34.1 Å². The Hall–Kier alpha value is -4.10. The molecule has 0 spiro atoms. The summed E-state index contributed by atoms with van der Waals surface area (Å²) in [6.45, 7) is 5.09. The molecule has 2 aromatic heterocycles. The Bertz CT molecular complexity index is 1560. The minimum Gasteiger partial charge on any atom is -0.493 e. The second kappa shape index (κ2) is 10.3. The van der Waals surface area contributed by atoms with Crippen molar-refractivity contribution in [2.75, 3.05) is 27.3 Å². The molecule has 1 aliphatic heterocycles. The summed E-state index contributed by atoms with van der Waals surface area (Å²) in [5, 5.41) is 5.53. The van der Waals surface area contributed by atoms with Crippen LogP contribution in [0.4, 0.5) is 0 Å². The first-order valence-electron chi connectivity index (χ1n) is 13.1. The molecule has 7 heteroatoms. The lowest BCUT2D eigenvalue weighted by atomic mass is 10.0. The second-order valence-electron chi connectivity index (χ2n) is 9.82. The van der Waals surface area contributed by atoms with Crippen LogP contribution in [0.15, 0.2) is 71.3 Å². The number of likely N-dealkylation sites (tertiary alicyclic amines) is 1. The highest BCUT2D eigenvalue weighted by molar-refractivity contribution is 5.93. The van der Waals surface area contributed by atoms with E-state index in [9.17, 15) is 0 Å². The molecule has 1 unspecified atom stereocenters. The summed E-state index contributed by atoms with van der Waals surface area (Å²) < 4.78 is 16.7. The van der Waals surface area contributed by atoms with Gasteiger partial charge in [-0.1, -0.05) is 42.4 Å². The van der Waals surface area contributed by atoms with Crippen LogP contribution in [0.5, 0.6) is 11.5 Å². The quantitative estimate of drug-likeness (QED) is 0.259. The predicted molar refractivity (Wildman–Crippen MR) is 149 cm³/mol. The molecule has 1 aliphatic rings. The molecule has 0 radical (unpaired) electrons. The number of hydrogen-bond donors (Lipinski definition) is 1. The Labute approximate surface area is 222 Å². The van der Waals surface area contributed by atoms with Gasteiger partial charge in [-0.25, -0.2) is 0 Å². The predicted octanol–water partition coefficient (Wildman–Crippen LogP) is 6.45. The van der Waals surface area contributed by atoms with Crippen molar-refractivity contribution in [2.45, 2.75) is 32.2 Å². The van der Waals surface area contributed by atoms with Gasteiger partial charge in [-0.05, 0) is 66.9 Å². The van der Waals surface area contributed by atoms with Crippen LogP contribution in [0, 0.1) is 0 Å². The number of H-pyrrole nitrogens is 1. The Morgan fingerprint density at radius 3 is 2.58 bits per heavy atom. The van der Waals surface area contributed by atoms with Gasteiger partial charge in [0.25, 0.3) is 0 Å². The summed E-state index contributed by atoms with van der Waals surface area (Å²) in [5.41, 5.74) is 6.74. The van der Waals surface area contributed by atoms with Crippen molar-refractivity contribution in [3.05, 3.63) is 83.7 Å². The van der Waals surface area contributed by atoms with E-state index in [1.165, 1.54) is 11.1 Å². The van der Waals surface area contributed by atoms with Crippen LogP contribution in [-0.4, -0.2) is 47.3 Å². The maximum atomic E-state index is 5.77. The van der Waals surface area contributed by atoms with E-state index in [0.717, 1.165) is 66.1 Å². The number of benzene rings is 3. The van der Waals surface area contributed by atoms with Gasteiger partial charge in [0.05, 0.1) is 20.1 Å². The van der Waals surface area contributed by atoms with Gasteiger partial charge in [-0.3, -0.25) is 4.90 Å². The average molecular weight is 509 g/mol. The summed E-state index contributed by atoms with van der Waals surface area (Å²) in [4.78, 5) is 10.9. The average Bonchev–Trinajstić information content (AvgIpc) is 3.71. The van der Waals surface area contributed by atoms with Gasteiger partial charge in [-0.15, -0.1) is 0 Å². The number of ether oxygens (including phenoxy) is 2. The number of aromatic nitrogens is 3. The molecule has 3 aromatic carbocycles. The van der Waals surface area contributed by atoms with Crippen LogP contribution < -0.4 is 9.47 Å². The first-order chi connectivity index (χ1) is 18.7. The molecule has 3 heterocycles. The van der Waals surface area contributed by atoms with Crippen molar-refractivity contribution in [1.29, 1.82) is 0 Å². The topological polar surface area (TPSA) is 76.4 Å². The highest BCUT2D eigenvalue weighted by Crippen LogP contribution is 2.37. The summed E-state index contributed by atoms with van der Waals surface area (Å²) in [6, 6.07) is 22.9. The normalized spacial score (nSPS) is 15.8. The third-order valence-electron chi connectivity index (χ3n) is 7.50. The van der Waals surface area contributed by atoms with Crippen LogP contribution in [0.25, 0.3) is 33.5 Å². The minimum atomic E-state index is 0.263. The third kappa shape index (κ3) is 4.54. The molecule has 7 nitrogen and oxygen atoms in total. The van der Waals surface area contributed by atoms with E-state index >= 15 is 0 Å². The first kappa shape index (κ1) is 24.2. The number of aryl methyl sites for hydroxylation is 1. The number of fused-ring (bicyclic) bond motifs is 1. The third-order valence-corrected chi connectivity index (χ3v) is 7.50. The van der Waals surface area contributed by atoms with Gasteiger partial charge in [0, 0.05) is 40.8 Å². The Morgan fingerprint density at radius 1 is 0.974 bits per heavy atom. The Kier molecular flexibility index (Phi) is 6.60. The highest BCUT2D eigenvalue weighted by atomic mass is 16.5. The van der Waals surface area contributed by atoms with Crippen LogP contribution in [0.1, 0.15) is 36.3 Å². The monoisotopic (exact) mass is 508 g/mol. The summed E-state index contributed by atoms with van der Waals surface area (Å²) >= 11 is 0. The van der Waals surface area contributed by atoms with Crippen molar-refractivity contribution in [2.24, 2.45) is 0 Å². The molecule has 194 valence electrons. The standard InChI is InChI=1S/C31H32N4O3/c1-4-24-25-16-22(10-12-26(25)32-29(24)21-11-13-27(36-2)28(17-21)37-3)30-33-31(38-34-30)23-14-15-35(19-23)18-20-8-6-5-7-9-20/h5-13,16-17,23,32H,4,14-15,18-19H2,1-3H3. The SMILES string of the molecule is CCc1c(-c2ccc(OC)c(OC)c2)[nH]c2ccc(-c3noc(C4CCN(Cc5ccccc5)C4)n3)cc12. The summed E-state index contributed by atoms with van der Waals surface area (Å²) in [6.07, 6.45) is 1.91. The van der Waals surface area contributed by atoms with E-state index in [1.807, 2.05) is 12.1 Å². The van der Waals surface area contributed by atoms with Crippen molar-refractivity contribution in [3.63, 3.8) is 0 Å².